The fraction of sp³-hybridized carbons (Fsp3) is 0.455. The first kappa shape index (κ1) is 7.91. The minimum atomic E-state index is 0.577. The van der Waals surface area contributed by atoms with Gasteiger partial charge in [-0.3, -0.25) is 0 Å². The van der Waals surface area contributed by atoms with Crippen LogP contribution < -0.4 is 5.46 Å². The van der Waals surface area contributed by atoms with Crippen molar-refractivity contribution in [2.24, 2.45) is 0 Å². The van der Waals surface area contributed by atoms with E-state index in [1.54, 1.807) is 5.56 Å². The normalized spacial score (nSPS) is 19.1. The van der Waals surface area contributed by atoms with Crippen LogP contribution in [0.15, 0.2) is 24.3 Å². The molecule has 0 aliphatic heterocycles. The smallest absolute Gasteiger partial charge is 0.0889 e. The van der Waals surface area contributed by atoms with E-state index < -0.39 is 0 Å². The molecule has 12 heavy (non-hydrogen) atoms. The Balaban J connectivity index is 2.29. The first-order valence-corrected chi connectivity index (χ1v) is 4.84. The first-order valence-electron chi connectivity index (χ1n) is 4.84. The number of hydrogen-bond acceptors (Lipinski definition) is 0. The Morgan fingerprint density at radius 2 is 1.83 bits per heavy atom. The van der Waals surface area contributed by atoms with Gasteiger partial charge >= 0.3 is 0 Å². The van der Waals surface area contributed by atoms with Crippen molar-refractivity contribution in [2.45, 2.75) is 31.6 Å². The number of hydrogen-bond donors (Lipinski definition) is 0. The highest BCUT2D eigenvalue weighted by molar-refractivity contribution is 6.32. The van der Waals surface area contributed by atoms with Crippen LogP contribution in [0.25, 0.3) is 0 Å². The minimum absolute atomic E-state index is 0.577. The fourth-order valence-electron chi connectivity index (χ4n) is 1.90. The van der Waals surface area contributed by atoms with Gasteiger partial charge in [0.15, 0.2) is 0 Å². The van der Waals surface area contributed by atoms with Gasteiger partial charge in [-0.1, -0.05) is 36.7 Å². The van der Waals surface area contributed by atoms with E-state index >= 15 is 0 Å². The topological polar surface area (TPSA) is 0 Å². The van der Waals surface area contributed by atoms with Crippen LogP contribution in [0.2, 0.25) is 0 Å². The van der Waals surface area contributed by atoms with Gasteiger partial charge < -0.3 is 0 Å². The molecule has 1 fully saturated rings. The Kier molecular flexibility index (Phi) is 1.75. The zero-order valence-corrected chi connectivity index (χ0v) is 7.93. The van der Waals surface area contributed by atoms with E-state index in [2.05, 4.69) is 39.0 Å². The molecule has 1 aromatic rings. The van der Waals surface area contributed by atoms with Gasteiger partial charge in [-0.05, 0) is 30.2 Å². The molecule has 0 bridgehead atoms. The summed E-state index contributed by atoms with van der Waals surface area (Å²) in [5, 5.41) is 0. The summed E-state index contributed by atoms with van der Waals surface area (Å²) in [6.45, 7) is 2.30. The van der Waals surface area contributed by atoms with Crippen molar-refractivity contribution in [3.8, 4) is 0 Å². The van der Waals surface area contributed by atoms with Gasteiger partial charge in [-0.2, -0.15) is 0 Å². The SMILES string of the molecule is Bc1ccc(C2(CC)CC2)cc1. The average Bonchev–Trinajstić information content (AvgIpc) is 2.86. The Bertz CT molecular complexity index is 270. The van der Waals surface area contributed by atoms with Crippen LogP contribution in [0.1, 0.15) is 31.7 Å². The quantitative estimate of drug-likeness (QED) is 0.570. The summed E-state index contributed by atoms with van der Waals surface area (Å²) in [4.78, 5) is 0. The van der Waals surface area contributed by atoms with Crippen molar-refractivity contribution in [1.82, 2.24) is 0 Å². The van der Waals surface area contributed by atoms with Gasteiger partial charge in [0, 0.05) is 0 Å². The molecule has 0 saturated heterocycles. The van der Waals surface area contributed by atoms with Crippen LogP contribution in [0.3, 0.4) is 0 Å². The molecule has 0 unspecified atom stereocenters. The molecule has 1 aliphatic carbocycles. The molecule has 0 N–H and O–H groups in total. The summed E-state index contributed by atoms with van der Waals surface area (Å²) in [5.41, 5.74) is 3.49. The molecule has 0 amide bonds. The maximum absolute atomic E-state index is 2.30. The summed E-state index contributed by atoms with van der Waals surface area (Å²) >= 11 is 0. The lowest BCUT2D eigenvalue weighted by Gasteiger charge is -2.12. The van der Waals surface area contributed by atoms with Crippen molar-refractivity contribution in [2.75, 3.05) is 0 Å². The molecule has 2 rings (SSSR count). The zero-order chi connectivity index (χ0) is 8.60. The van der Waals surface area contributed by atoms with Crippen molar-refractivity contribution >= 4 is 13.3 Å². The molecule has 0 nitrogen and oxygen atoms in total. The Hall–Kier alpha value is -0.715. The van der Waals surface area contributed by atoms with Crippen LogP contribution >= 0.6 is 0 Å². The lowest BCUT2D eigenvalue weighted by molar-refractivity contribution is 0.664. The van der Waals surface area contributed by atoms with E-state index in [-0.39, 0.29) is 0 Å². The largest absolute Gasteiger partial charge is 0.139 e. The second-order valence-corrected chi connectivity index (χ2v) is 4.00. The summed E-state index contributed by atoms with van der Waals surface area (Å²) in [6.07, 6.45) is 4.09. The van der Waals surface area contributed by atoms with Crippen LogP contribution in [0.5, 0.6) is 0 Å². The Labute approximate surface area is 75.4 Å². The molecule has 1 saturated carbocycles. The Morgan fingerprint density at radius 1 is 1.25 bits per heavy atom. The third-order valence-electron chi connectivity index (χ3n) is 3.19. The summed E-state index contributed by atoms with van der Waals surface area (Å²) < 4.78 is 0. The van der Waals surface area contributed by atoms with E-state index in [0.717, 1.165) is 0 Å². The maximum atomic E-state index is 2.30. The molecular weight excluding hydrogens is 143 g/mol. The third kappa shape index (κ3) is 1.18. The highest BCUT2D eigenvalue weighted by Gasteiger charge is 2.41. The second kappa shape index (κ2) is 2.65. The van der Waals surface area contributed by atoms with Gasteiger partial charge in [0.05, 0.1) is 0 Å². The van der Waals surface area contributed by atoms with E-state index in [1.165, 1.54) is 24.7 Å². The third-order valence-corrected chi connectivity index (χ3v) is 3.19. The molecule has 1 aromatic carbocycles. The number of rotatable bonds is 2. The van der Waals surface area contributed by atoms with Gasteiger partial charge in [0.2, 0.25) is 0 Å². The van der Waals surface area contributed by atoms with E-state index in [9.17, 15) is 0 Å². The standard InChI is InChI=1S/C11H15B/c1-2-11(7-8-11)9-3-5-10(12)6-4-9/h3-6H,2,7-8,12H2,1H3. The van der Waals surface area contributed by atoms with E-state index in [1.807, 2.05) is 0 Å². The average molecular weight is 158 g/mol. The molecule has 62 valence electrons. The van der Waals surface area contributed by atoms with Crippen molar-refractivity contribution in [3.63, 3.8) is 0 Å². The summed E-state index contributed by atoms with van der Waals surface area (Å²) in [5.74, 6) is 0. The van der Waals surface area contributed by atoms with Crippen molar-refractivity contribution < 1.29 is 0 Å². The fourth-order valence-corrected chi connectivity index (χ4v) is 1.90. The van der Waals surface area contributed by atoms with Crippen molar-refractivity contribution in [3.05, 3.63) is 29.8 Å². The second-order valence-electron chi connectivity index (χ2n) is 4.00. The van der Waals surface area contributed by atoms with Gasteiger partial charge in [0.25, 0.3) is 0 Å². The zero-order valence-electron chi connectivity index (χ0n) is 7.93. The first-order chi connectivity index (χ1) is 5.77. The van der Waals surface area contributed by atoms with Gasteiger partial charge in [-0.15, -0.1) is 0 Å². The molecular formula is C11H15B. The molecule has 0 heterocycles. The van der Waals surface area contributed by atoms with Crippen LogP contribution in [0, 0.1) is 0 Å². The minimum Gasteiger partial charge on any atom is -0.0889 e. The molecule has 0 aromatic heterocycles. The molecule has 1 heteroatoms. The Morgan fingerprint density at radius 3 is 2.25 bits per heavy atom. The van der Waals surface area contributed by atoms with E-state index in [0.29, 0.717) is 5.41 Å². The molecule has 1 aliphatic rings. The van der Waals surface area contributed by atoms with E-state index in [4.69, 9.17) is 0 Å². The lowest BCUT2D eigenvalue weighted by atomic mass is 9.89. The molecule has 0 atom stereocenters. The highest BCUT2D eigenvalue weighted by Crippen LogP contribution is 2.50. The summed E-state index contributed by atoms with van der Waals surface area (Å²) in [6, 6.07) is 9.05. The summed E-state index contributed by atoms with van der Waals surface area (Å²) in [7, 11) is 2.15. The van der Waals surface area contributed by atoms with Gasteiger partial charge in [-0.25, -0.2) is 0 Å². The van der Waals surface area contributed by atoms with Crippen LogP contribution in [0.4, 0.5) is 0 Å². The molecule has 0 radical (unpaired) electrons. The maximum Gasteiger partial charge on any atom is 0.139 e. The number of benzene rings is 1. The van der Waals surface area contributed by atoms with Crippen molar-refractivity contribution in [1.29, 1.82) is 0 Å². The van der Waals surface area contributed by atoms with Gasteiger partial charge in [0.1, 0.15) is 7.85 Å². The lowest BCUT2D eigenvalue weighted by Crippen LogP contribution is -2.07. The predicted molar refractivity (Wildman–Crippen MR) is 55.8 cm³/mol. The highest BCUT2D eigenvalue weighted by atomic mass is 14.5. The molecule has 0 spiro atoms. The predicted octanol–water partition coefficient (Wildman–Crippen LogP) is 1.39. The van der Waals surface area contributed by atoms with Crippen LogP contribution in [-0.2, 0) is 5.41 Å². The monoisotopic (exact) mass is 158 g/mol. The van der Waals surface area contributed by atoms with Crippen LogP contribution in [-0.4, -0.2) is 7.85 Å².